The first kappa shape index (κ1) is 46.2. The van der Waals surface area contributed by atoms with E-state index in [2.05, 4.69) is 46.9 Å². The highest BCUT2D eigenvalue weighted by atomic mass is 16.6. The minimum absolute atomic E-state index is 0.0355. The quantitative estimate of drug-likeness (QED) is 0.0841. The van der Waals surface area contributed by atoms with Crippen LogP contribution in [0.3, 0.4) is 0 Å². The summed E-state index contributed by atoms with van der Waals surface area (Å²) in [5, 5.41) is 20.6. The second kappa shape index (κ2) is 27.1. The molecule has 3 aliphatic heterocycles. The predicted molar refractivity (Wildman–Crippen MR) is 185 cm³/mol. The topological polar surface area (TPSA) is 136 Å². The van der Waals surface area contributed by atoms with E-state index in [0.29, 0.717) is 18.9 Å². The summed E-state index contributed by atoms with van der Waals surface area (Å²) in [6.45, 7) is 20.6. The van der Waals surface area contributed by atoms with E-state index in [1.54, 1.807) is 28.1 Å². The van der Waals surface area contributed by atoms with Crippen LogP contribution < -0.4 is 5.32 Å². The van der Waals surface area contributed by atoms with E-state index in [1.807, 2.05) is 41.5 Å². The van der Waals surface area contributed by atoms with Crippen molar-refractivity contribution >= 4 is 12.2 Å². The number of nitrogens with one attached hydrogen (secondary N) is 1. The monoisotopic (exact) mass is 657 g/mol. The smallest absolute Gasteiger partial charge is 0.244 e. The first-order valence-electron chi connectivity index (χ1n) is 17.0. The minimum Gasteiger partial charge on any atom is -0.389 e. The third-order valence-corrected chi connectivity index (χ3v) is 7.18. The Hall–Kier alpha value is -1.92. The first-order valence-corrected chi connectivity index (χ1v) is 17.0. The van der Waals surface area contributed by atoms with Gasteiger partial charge in [0, 0.05) is 46.2 Å². The van der Waals surface area contributed by atoms with E-state index in [9.17, 15) is 14.7 Å². The van der Waals surface area contributed by atoms with Crippen molar-refractivity contribution in [2.75, 3.05) is 27.4 Å². The molecule has 10 nitrogen and oxygen atoms in total. The van der Waals surface area contributed by atoms with Crippen molar-refractivity contribution < 1.29 is 43.5 Å². The van der Waals surface area contributed by atoms with E-state index in [4.69, 9.17) is 19.3 Å². The van der Waals surface area contributed by atoms with Gasteiger partial charge in [-0.05, 0) is 53.4 Å². The zero-order chi connectivity index (χ0) is 35.7. The van der Waals surface area contributed by atoms with E-state index in [-0.39, 0.29) is 42.0 Å². The number of hydrogen-bond donors (Lipinski definition) is 3. The van der Waals surface area contributed by atoms with Gasteiger partial charge in [-0.3, -0.25) is 4.79 Å². The van der Waals surface area contributed by atoms with Crippen LogP contribution in [0.5, 0.6) is 0 Å². The lowest BCUT2D eigenvalue weighted by Crippen LogP contribution is -2.50. The Bertz CT molecular complexity index is 868. The zero-order valence-corrected chi connectivity index (χ0v) is 30.8. The molecule has 8 unspecified atom stereocenters. The number of rotatable bonds is 11. The van der Waals surface area contributed by atoms with E-state index in [0.717, 1.165) is 44.1 Å². The average molecular weight is 658 g/mol. The normalized spacial score (nSPS) is 29.8. The molecular weight excluding hydrogens is 590 g/mol. The molecule has 3 aliphatic rings. The molecule has 0 bridgehead atoms. The van der Waals surface area contributed by atoms with E-state index >= 15 is 0 Å². The Balaban J connectivity index is 0. The van der Waals surface area contributed by atoms with Crippen LogP contribution in [0.25, 0.3) is 0 Å². The maximum atomic E-state index is 12.1. The van der Waals surface area contributed by atoms with Gasteiger partial charge in [-0.1, -0.05) is 64.5 Å². The Kier molecular flexibility index (Phi) is 27.2. The summed E-state index contributed by atoms with van der Waals surface area (Å²) >= 11 is 0. The average Bonchev–Trinajstić information content (AvgIpc) is 3.76. The lowest BCUT2D eigenvalue weighted by Gasteiger charge is -2.39. The summed E-state index contributed by atoms with van der Waals surface area (Å²) in [6, 6.07) is -0.0490. The van der Waals surface area contributed by atoms with Crippen molar-refractivity contribution in [3.63, 3.8) is 0 Å². The van der Waals surface area contributed by atoms with Gasteiger partial charge in [0.2, 0.25) is 5.91 Å². The second-order valence-corrected chi connectivity index (χ2v) is 11.4. The molecule has 3 fully saturated rings. The third kappa shape index (κ3) is 21.1. The van der Waals surface area contributed by atoms with Crippen molar-refractivity contribution in [3.05, 3.63) is 36.0 Å². The van der Waals surface area contributed by atoms with Crippen molar-refractivity contribution in [2.45, 2.75) is 150 Å². The molecule has 3 heterocycles. The van der Waals surface area contributed by atoms with Gasteiger partial charge in [-0.2, -0.15) is 0 Å². The van der Waals surface area contributed by atoms with Gasteiger partial charge in [0.05, 0.1) is 48.8 Å². The Morgan fingerprint density at radius 3 is 2.13 bits per heavy atom. The second-order valence-electron chi connectivity index (χ2n) is 11.4. The Morgan fingerprint density at radius 2 is 1.65 bits per heavy atom. The summed E-state index contributed by atoms with van der Waals surface area (Å²) in [5.74, 6) is 0.0968. The van der Waals surface area contributed by atoms with Crippen LogP contribution in [0, 0.1) is 5.92 Å². The molecule has 0 aromatic heterocycles. The molecule has 1 amide bonds. The van der Waals surface area contributed by atoms with Gasteiger partial charge in [-0.25, -0.2) is 0 Å². The van der Waals surface area contributed by atoms with E-state index in [1.165, 1.54) is 12.2 Å². The highest BCUT2D eigenvalue weighted by Crippen LogP contribution is 2.43. The van der Waals surface area contributed by atoms with Crippen molar-refractivity contribution in [1.29, 1.82) is 0 Å². The molecule has 0 aromatic rings. The third-order valence-electron chi connectivity index (χ3n) is 7.18. The fraction of sp³-hybridized carbons (Fsp3) is 0.778. The molecule has 0 aromatic carbocycles. The maximum absolute atomic E-state index is 12.1. The molecule has 3 rings (SSSR count). The number of amides is 1. The standard InChI is InChI=1S/C26H39NO6.C4H10O2.C2H6O.2C2H6/c1-17(5-8-21-14-26(16-31-26)15-22(33-21)11-12-28)6-9-24-18(2)13-23(20(4)32-24)27-25(30)10-7-19(3)29;1-3-6-4(2)5;1-3-2;2*1-2/h5-8,10,12,18-24,29H,9,11,13-16H2,1-4H3,(H,27,30);4-5H,3H2,1-2H3;1-2H3;2*1-2H3/b8-5+,10-7-,17-6+;;;;/t18?,19?,20?,21?,22-,23?,24?,26?;;;;/m1..../s1. The summed E-state index contributed by atoms with van der Waals surface area (Å²) in [6.07, 6.45) is 12.5. The molecular formula is C36H67NO9. The molecule has 0 aliphatic carbocycles. The number of methoxy groups -OCH3 is 1. The summed E-state index contributed by atoms with van der Waals surface area (Å²) in [5.41, 5.74) is 1.06. The number of epoxide rings is 1. The molecule has 9 atom stereocenters. The van der Waals surface area contributed by atoms with Crippen molar-refractivity contribution in [3.8, 4) is 0 Å². The first-order chi connectivity index (χ1) is 21.9. The number of carbonyl (C=O) groups is 2. The highest BCUT2D eigenvalue weighted by Gasteiger charge is 2.51. The molecule has 0 radical (unpaired) electrons. The number of hydrogen-bond acceptors (Lipinski definition) is 9. The largest absolute Gasteiger partial charge is 0.389 e. The Labute approximate surface area is 279 Å². The molecule has 270 valence electrons. The number of allylic oxidation sites excluding steroid dienone is 2. The molecule has 46 heavy (non-hydrogen) atoms. The van der Waals surface area contributed by atoms with Crippen molar-refractivity contribution in [2.24, 2.45) is 5.92 Å². The summed E-state index contributed by atoms with van der Waals surface area (Å²) < 4.78 is 26.8. The van der Waals surface area contributed by atoms with Crippen LogP contribution in [0.1, 0.15) is 101 Å². The van der Waals surface area contributed by atoms with Gasteiger partial charge in [0.15, 0.2) is 6.29 Å². The van der Waals surface area contributed by atoms with Crippen LogP contribution in [-0.2, 0) is 33.3 Å². The lowest BCUT2D eigenvalue weighted by atomic mass is 9.88. The SMILES string of the molecule is CC.CC.CC(/C=C/C1CC2(CO2)C[C@@H](CC=O)O1)=C\CC1OC(C)C(NC(=O)/C=C\C(C)O)CC1C.CCOC(C)O.COC. The van der Waals surface area contributed by atoms with Crippen LogP contribution in [0.2, 0.25) is 0 Å². The fourth-order valence-electron chi connectivity index (χ4n) is 4.95. The van der Waals surface area contributed by atoms with Crippen molar-refractivity contribution in [1.82, 2.24) is 5.32 Å². The number of aliphatic hydroxyl groups is 2. The number of aliphatic hydroxyl groups excluding tert-OH is 2. The molecule has 0 saturated carbocycles. The van der Waals surface area contributed by atoms with Gasteiger partial charge < -0.3 is 44.0 Å². The van der Waals surface area contributed by atoms with Gasteiger partial charge in [-0.15, -0.1) is 0 Å². The van der Waals surface area contributed by atoms with Gasteiger partial charge >= 0.3 is 0 Å². The van der Waals surface area contributed by atoms with Crippen LogP contribution in [0.4, 0.5) is 0 Å². The number of carbonyl (C=O) groups excluding carboxylic acids is 2. The molecule has 10 heteroatoms. The van der Waals surface area contributed by atoms with E-state index < -0.39 is 12.4 Å². The number of aldehydes is 1. The Morgan fingerprint density at radius 1 is 1.04 bits per heavy atom. The van der Waals surface area contributed by atoms with Crippen LogP contribution >= 0.6 is 0 Å². The highest BCUT2D eigenvalue weighted by molar-refractivity contribution is 5.87. The predicted octanol–water partition coefficient (Wildman–Crippen LogP) is 5.70. The summed E-state index contributed by atoms with van der Waals surface area (Å²) in [7, 11) is 3.25. The number of ether oxygens (including phenoxy) is 5. The maximum Gasteiger partial charge on any atom is 0.244 e. The fourth-order valence-corrected chi connectivity index (χ4v) is 4.95. The molecule has 3 N–H and O–H groups in total. The zero-order valence-electron chi connectivity index (χ0n) is 30.8. The molecule has 1 spiro atoms. The van der Waals surface area contributed by atoms with Gasteiger partial charge in [0.25, 0.3) is 0 Å². The summed E-state index contributed by atoms with van der Waals surface area (Å²) in [4.78, 5) is 22.9. The lowest BCUT2D eigenvalue weighted by molar-refractivity contribution is -0.123. The van der Waals surface area contributed by atoms with Crippen LogP contribution in [-0.4, -0.2) is 98.3 Å². The molecule has 3 saturated heterocycles. The van der Waals surface area contributed by atoms with Gasteiger partial charge in [0.1, 0.15) is 6.29 Å². The van der Waals surface area contributed by atoms with Crippen LogP contribution in [0.15, 0.2) is 36.0 Å². The minimum atomic E-state index is -0.645.